The highest BCUT2D eigenvalue weighted by molar-refractivity contribution is 6.07. The molecule has 3 amide bonds. The number of hydrogen-bond acceptors (Lipinski definition) is 5. The minimum Gasteiger partial charge on any atom is -0.369 e. The van der Waals surface area contributed by atoms with Gasteiger partial charge in [-0.3, -0.25) is 24.3 Å². The van der Waals surface area contributed by atoms with E-state index in [1.807, 2.05) is 17.0 Å². The SMILES string of the molecule is NC(=O)C1(C(=O)N2CCC(N3CCC[C@H](C(=O)NCc4cccnc4)C3)CC2)CC1. The van der Waals surface area contributed by atoms with Gasteiger partial charge in [0.2, 0.25) is 17.7 Å². The van der Waals surface area contributed by atoms with Crippen LogP contribution >= 0.6 is 0 Å². The third kappa shape index (κ3) is 4.33. The Kier molecular flexibility index (Phi) is 6.04. The van der Waals surface area contributed by atoms with Crippen molar-refractivity contribution in [2.24, 2.45) is 17.1 Å². The third-order valence-electron chi connectivity index (χ3n) is 6.91. The van der Waals surface area contributed by atoms with Crippen molar-refractivity contribution in [3.63, 3.8) is 0 Å². The molecule has 30 heavy (non-hydrogen) atoms. The van der Waals surface area contributed by atoms with E-state index in [1.165, 1.54) is 0 Å². The second kappa shape index (κ2) is 8.71. The highest BCUT2D eigenvalue weighted by Gasteiger charge is 2.57. The van der Waals surface area contributed by atoms with E-state index in [0.29, 0.717) is 38.5 Å². The number of hydrogen-bond donors (Lipinski definition) is 2. The van der Waals surface area contributed by atoms with Crippen molar-refractivity contribution in [2.45, 2.75) is 51.1 Å². The van der Waals surface area contributed by atoms with Crippen LogP contribution in [0, 0.1) is 11.3 Å². The lowest BCUT2D eigenvalue weighted by Gasteiger charge is -2.42. The van der Waals surface area contributed by atoms with Gasteiger partial charge in [0, 0.05) is 44.6 Å². The Hall–Kier alpha value is -2.48. The van der Waals surface area contributed by atoms with E-state index >= 15 is 0 Å². The van der Waals surface area contributed by atoms with Crippen LogP contribution in [0.4, 0.5) is 0 Å². The van der Waals surface area contributed by atoms with Gasteiger partial charge in [0.25, 0.3) is 0 Å². The number of nitrogens with two attached hydrogens (primary N) is 1. The van der Waals surface area contributed by atoms with Gasteiger partial charge in [-0.15, -0.1) is 0 Å². The van der Waals surface area contributed by atoms with Crippen molar-refractivity contribution in [1.29, 1.82) is 0 Å². The topological polar surface area (TPSA) is 109 Å². The zero-order valence-electron chi connectivity index (χ0n) is 17.4. The maximum atomic E-state index is 12.7. The average Bonchev–Trinajstić information content (AvgIpc) is 3.60. The van der Waals surface area contributed by atoms with Crippen molar-refractivity contribution in [3.05, 3.63) is 30.1 Å². The summed E-state index contributed by atoms with van der Waals surface area (Å²) < 4.78 is 0. The van der Waals surface area contributed by atoms with Crippen molar-refractivity contribution in [1.82, 2.24) is 20.1 Å². The number of pyridine rings is 1. The Morgan fingerprint density at radius 2 is 1.93 bits per heavy atom. The molecule has 0 bridgehead atoms. The van der Waals surface area contributed by atoms with Gasteiger partial charge in [0.05, 0.1) is 5.92 Å². The molecule has 1 saturated carbocycles. The normalized spacial score (nSPS) is 24.3. The molecule has 1 aromatic rings. The quantitative estimate of drug-likeness (QED) is 0.666. The summed E-state index contributed by atoms with van der Waals surface area (Å²) in [4.78, 5) is 45.3. The molecule has 8 nitrogen and oxygen atoms in total. The standard InChI is InChI=1S/C22H31N5O3/c23-20(29)22(7-8-22)21(30)26-11-5-18(6-12-26)27-10-2-4-17(15-27)19(28)25-14-16-3-1-9-24-13-16/h1,3,9,13,17-18H,2,4-8,10-12,14-15H2,(H2,23,29)(H,25,28)/t17-/m0/s1. The molecule has 0 unspecified atom stereocenters. The van der Waals surface area contributed by atoms with Crippen LogP contribution in [-0.2, 0) is 20.9 Å². The number of likely N-dealkylation sites (tertiary alicyclic amines) is 2. The number of amides is 3. The highest BCUT2D eigenvalue weighted by Crippen LogP contribution is 2.47. The maximum absolute atomic E-state index is 12.7. The van der Waals surface area contributed by atoms with Crippen molar-refractivity contribution < 1.29 is 14.4 Å². The first kappa shape index (κ1) is 20.8. The van der Waals surface area contributed by atoms with Gasteiger partial charge in [-0.25, -0.2) is 0 Å². The molecule has 162 valence electrons. The third-order valence-corrected chi connectivity index (χ3v) is 6.91. The molecular formula is C22H31N5O3. The summed E-state index contributed by atoms with van der Waals surface area (Å²) in [7, 11) is 0. The summed E-state index contributed by atoms with van der Waals surface area (Å²) in [5.74, 6) is -0.460. The molecule has 3 N–H and O–H groups in total. The molecule has 2 aliphatic heterocycles. The minimum atomic E-state index is -0.921. The van der Waals surface area contributed by atoms with E-state index in [0.717, 1.165) is 44.3 Å². The van der Waals surface area contributed by atoms with E-state index in [2.05, 4.69) is 15.2 Å². The Morgan fingerprint density at radius 1 is 1.17 bits per heavy atom. The van der Waals surface area contributed by atoms with E-state index in [4.69, 9.17) is 5.73 Å². The van der Waals surface area contributed by atoms with Gasteiger partial charge in [0.15, 0.2) is 0 Å². The molecule has 3 aliphatic rings. The molecule has 3 fully saturated rings. The van der Waals surface area contributed by atoms with Crippen LogP contribution < -0.4 is 11.1 Å². The van der Waals surface area contributed by atoms with Gasteiger partial charge in [-0.05, 0) is 56.7 Å². The zero-order chi connectivity index (χ0) is 21.1. The van der Waals surface area contributed by atoms with Gasteiger partial charge in [-0.1, -0.05) is 6.07 Å². The van der Waals surface area contributed by atoms with Gasteiger partial charge in [-0.2, -0.15) is 0 Å². The molecule has 0 spiro atoms. The Labute approximate surface area is 177 Å². The molecule has 2 saturated heterocycles. The molecule has 4 rings (SSSR count). The number of nitrogens with one attached hydrogen (secondary N) is 1. The zero-order valence-corrected chi connectivity index (χ0v) is 17.4. The lowest BCUT2D eigenvalue weighted by Crippen LogP contribution is -2.53. The monoisotopic (exact) mass is 413 g/mol. The summed E-state index contributed by atoms with van der Waals surface area (Å²) in [6.07, 6.45) is 8.35. The summed E-state index contributed by atoms with van der Waals surface area (Å²) in [5.41, 5.74) is 5.53. The number of aromatic nitrogens is 1. The fourth-order valence-electron chi connectivity index (χ4n) is 4.82. The van der Waals surface area contributed by atoms with Crippen LogP contribution in [0.5, 0.6) is 0 Å². The second-order valence-electron chi connectivity index (χ2n) is 8.88. The van der Waals surface area contributed by atoms with Crippen LogP contribution in [0.15, 0.2) is 24.5 Å². The number of carbonyl (C=O) groups is 3. The van der Waals surface area contributed by atoms with Crippen LogP contribution in [0.1, 0.15) is 44.1 Å². The lowest BCUT2D eigenvalue weighted by molar-refractivity contribution is -0.144. The first-order valence-electron chi connectivity index (χ1n) is 11.0. The molecule has 1 aliphatic carbocycles. The Morgan fingerprint density at radius 3 is 2.57 bits per heavy atom. The summed E-state index contributed by atoms with van der Waals surface area (Å²) >= 11 is 0. The molecule has 3 heterocycles. The van der Waals surface area contributed by atoms with Crippen molar-refractivity contribution in [2.75, 3.05) is 26.2 Å². The van der Waals surface area contributed by atoms with Crippen LogP contribution in [0.2, 0.25) is 0 Å². The fraction of sp³-hybridized carbons (Fsp3) is 0.636. The predicted octanol–water partition coefficient (Wildman–Crippen LogP) is 0.666. The van der Waals surface area contributed by atoms with Crippen molar-refractivity contribution in [3.8, 4) is 0 Å². The smallest absolute Gasteiger partial charge is 0.238 e. The Bertz CT molecular complexity index is 787. The molecule has 0 radical (unpaired) electrons. The number of primary amides is 1. The summed E-state index contributed by atoms with van der Waals surface area (Å²) in [6, 6.07) is 4.21. The van der Waals surface area contributed by atoms with Gasteiger partial charge >= 0.3 is 0 Å². The van der Waals surface area contributed by atoms with E-state index in [1.54, 1.807) is 12.4 Å². The number of rotatable bonds is 6. The van der Waals surface area contributed by atoms with E-state index in [-0.39, 0.29) is 17.7 Å². The van der Waals surface area contributed by atoms with E-state index in [9.17, 15) is 14.4 Å². The molecular weight excluding hydrogens is 382 g/mol. The fourth-order valence-corrected chi connectivity index (χ4v) is 4.82. The van der Waals surface area contributed by atoms with E-state index < -0.39 is 11.3 Å². The van der Waals surface area contributed by atoms with Crippen molar-refractivity contribution >= 4 is 17.7 Å². The summed E-state index contributed by atoms with van der Waals surface area (Å²) in [5, 5.41) is 3.05. The van der Waals surface area contributed by atoms with Gasteiger partial charge < -0.3 is 16.0 Å². The predicted molar refractivity (Wildman–Crippen MR) is 111 cm³/mol. The van der Waals surface area contributed by atoms with Gasteiger partial charge in [0.1, 0.15) is 5.41 Å². The highest BCUT2D eigenvalue weighted by atomic mass is 16.2. The number of piperidine rings is 2. The summed E-state index contributed by atoms with van der Waals surface area (Å²) in [6.45, 7) is 3.59. The molecule has 8 heteroatoms. The average molecular weight is 414 g/mol. The second-order valence-corrected chi connectivity index (χ2v) is 8.88. The largest absolute Gasteiger partial charge is 0.369 e. The van der Waals surface area contributed by atoms with Crippen LogP contribution in [-0.4, -0.2) is 64.7 Å². The number of nitrogens with zero attached hydrogens (tertiary/aromatic N) is 3. The van der Waals surface area contributed by atoms with Crippen LogP contribution in [0.25, 0.3) is 0 Å². The molecule has 1 atom stereocenters. The first-order valence-corrected chi connectivity index (χ1v) is 11.0. The molecule has 0 aromatic carbocycles. The maximum Gasteiger partial charge on any atom is 0.238 e. The lowest BCUT2D eigenvalue weighted by atomic mass is 9.92. The minimum absolute atomic E-state index is 0.000298. The van der Waals surface area contributed by atoms with Crippen LogP contribution in [0.3, 0.4) is 0 Å². The number of carbonyl (C=O) groups excluding carboxylic acids is 3. The Balaban J connectivity index is 1.25. The first-order chi connectivity index (χ1) is 14.5. The molecule has 1 aromatic heterocycles.